The van der Waals surface area contributed by atoms with E-state index in [-0.39, 0.29) is 15.1 Å². The van der Waals surface area contributed by atoms with Crippen LogP contribution in [0.2, 0.25) is 0 Å². The lowest BCUT2D eigenvalue weighted by atomic mass is 10.1. The van der Waals surface area contributed by atoms with Gasteiger partial charge in [0.15, 0.2) is 11.6 Å². The normalized spacial score (nSPS) is 11.0. The highest BCUT2D eigenvalue weighted by Crippen LogP contribution is 2.37. The van der Waals surface area contributed by atoms with Crippen molar-refractivity contribution in [2.45, 2.75) is 0 Å². The number of nitro groups is 1. The summed E-state index contributed by atoms with van der Waals surface area (Å²) in [7, 11) is 0. The Labute approximate surface area is 118 Å². The molecule has 0 amide bonds. The van der Waals surface area contributed by atoms with Gasteiger partial charge in [-0.25, -0.2) is 13.8 Å². The van der Waals surface area contributed by atoms with E-state index in [2.05, 4.69) is 9.97 Å². The number of halogens is 2. The number of aromatic amines is 1. The van der Waals surface area contributed by atoms with Crippen molar-refractivity contribution in [1.29, 1.82) is 0 Å². The van der Waals surface area contributed by atoms with Crippen LogP contribution in [0.1, 0.15) is 0 Å². The van der Waals surface area contributed by atoms with Gasteiger partial charge in [-0.2, -0.15) is 0 Å². The molecule has 0 saturated heterocycles. The summed E-state index contributed by atoms with van der Waals surface area (Å²) >= 11 is 0.923. The Morgan fingerprint density at radius 3 is 2.62 bits per heavy atom. The zero-order valence-electron chi connectivity index (χ0n) is 10.1. The monoisotopic (exact) mass is 309 g/mol. The topological polar surface area (TPSA) is 88.9 Å². The first kappa shape index (κ1) is 13.3. The smallest absolute Gasteiger partial charge is 0.281 e. The van der Waals surface area contributed by atoms with Crippen LogP contribution in [0.15, 0.2) is 29.3 Å². The second-order valence-electron chi connectivity index (χ2n) is 4.10. The average molecular weight is 309 g/mol. The molecule has 0 unspecified atom stereocenters. The van der Waals surface area contributed by atoms with Crippen LogP contribution in [0.25, 0.3) is 20.7 Å². The van der Waals surface area contributed by atoms with E-state index in [9.17, 15) is 23.7 Å². The van der Waals surface area contributed by atoms with Crippen molar-refractivity contribution in [2.75, 3.05) is 0 Å². The number of rotatable bonds is 2. The van der Waals surface area contributed by atoms with Crippen LogP contribution in [0.3, 0.4) is 0 Å². The van der Waals surface area contributed by atoms with E-state index in [1.165, 1.54) is 12.4 Å². The zero-order valence-corrected chi connectivity index (χ0v) is 10.9. The maximum Gasteiger partial charge on any atom is 0.281 e. The number of fused-ring (bicyclic) bond motifs is 1. The Balaban J connectivity index is 2.32. The molecular formula is C12H5F2N3O3S. The Morgan fingerprint density at radius 1 is 1.24 bits per heavy atom. The number of thiophene rings is 1. The summed E-state index contributed by atoms with van der Waals surface area (Å²) in [6, 6.07) is 2.69. The lowest BCUT2D eigenvalue weighted by Gasteiger charge is -2.01. The standard InChI is InChI=1S/C12H5F2N3O3S/c13-6-1-5(9(17(19)20)2-7(6)14)10-3-8-11(21-10)12(18)16-4-15-8/h1-4H,(H,15,16,18). The fourth-order valence-electron chi connectivity index (χ4n) is 1.88. The molecule has 3 rings (SSSR count). The second kappa shape index (κ2) is 4.70. The van der Waals surface area contributed by atoms with Gasteiger partial charge in [-0.1, -0.05) is 0 Å². The first-order chi connectivity index (χ1) is 9.97. The summed E-state index contributed by atoms with van der Waals surface area (Å²) in [5.41, 5.74) is -0.738. The van der Waals surface area contributed by atoms with Crippen LogP contribution in [0.5, 0.6) is 0 Å². The first-order valence-electron chi connectivity index (χ1n) is 5.58. The van der Waals surface area contributed by atoms with Crippen molar-refractivity contribution in [3.8, 4) is 10.4 Å². The van der Waals surface area contributed by atoms with Crippen LogP contribution in [-0.2, 0) is 0 Å². The first-order valence-corrected chi connectivity index (χ1v) is 6.40. The predicted molar refractivity (Wildman–Crippen MR) is 72.2 cm³/mol. The van der Waals surface area contributed by atoms with E-state index in [0.29, 0.717) is 11.6 Å². The Bertz CT molecular complexity index is 935. The molecule has 1 aromatic carbocycles. The lowest BCUT2D eigenvalue weighted by Crippen LogP contribution is -2.02. The molecule has 6 nitrogen and oxygen atoms in total. The Morgan fingerprint density at radius 2 is 1.95 bits per heavy atom. The molecule has 2 aromatic heterocycles. The number of hydrogen-bond donors (Lipinski definition) is 1. The molecule has 106 valence electrons. The highest BCUT2D eigenvalue weighted by molar-refractivity contribution is 7.22. The number of nitrogens with zero attached hydrogens (tertiary/aromatic N) is 2. The quantitative estimate of drug-likeness (QED) is 0.582. The van der Waals surface area contributed by atoms with E-state index < -0.39 is 27.8 Å². The van der Waals surface area contributed by atoms with Crippen LogP contribution in [0, 0.1) is 21.7 Å². The molecule has 0 aliphatic heterocycles. The van der Waals surface area contributed by atoms with E-state index >= 15 is 0 Å². The van der Waals surface area contributed by atoms with E-state index in [4.69, 9.17) is 0 Å². The fraction of sp³-hybridized carbons (Fsp3) is 0. The number of nitrogens with one attached hydrogen (secondary N) is 1. The summed E-state index contributed by atoms with van der Waals surface area (Å²) in [5, 5.41) is 11.0. The van der Waals surface area contributed by atoms with Gasteiger partial charge in [0.05, 0.1) is 28.4 Å². The molecule has 0 aliphatic carbocycles. The van der Waals surface area contributed by atoms with Crippen LogP contribution >= 0.6 is 11.3 Å². The molecule has 21 heavy (non-hydrogen) atoms. The van der Waals surface area contributed by atoms with Gasteiger partial charge in [-0.15, -0.1) is 11.3 Å². The van der Waals surface area contributed by atoms with Crippen LogP contribution in [-0.4, -0.2) is 14.9 Å². The van der Waals surface area contributed by atoms with E-state index in [1.54, 1.807) is 0 Å². The second-order valence-corrected chi connectivity index (χ2v) is 5.15. The highest BCUT2D eigenvalue weighted by atomic mass is 32.1. The average Bonchev–Trinajstić information content (AvgIpc) is 2.86. The van der Waals surface area contributed by atoms with Gasteiger partial charge in [-0.05, 0) is 12.1 Å². The molecule has 0 spiro atoms. The summed E-state index contributed by atoms with van der Waals surface area (Å²) < 4.78 is 26.8. The third-order valence-corrected chi connectivity index (χ3v) is 3.98. The van der Waals surface area contributed by atoms with Crippen LogP contribution in [0.4, 0.5) is 14.5 Å². The van der Waals surface area contributed by atoms with Crippen molar-refractivity contribution in [2.24, 2.45) is 0 Å². The van der Waals surface area contributed by atoms with Gasteiger partial charge in [0.1, 0.15) is 4.70 Å². The largest absolute Gasteiger partial charge is 0.312 e. The SMILES string of the molecule is O=c1[nH]cnc2cc(-c3cc(F)c(F)cc3[N+](=O)[O-])sc12. The van der Waals surface area contributed by atoms with Gasteiger partial charge in [-0.3, -0.25) is 14.9 Å². The van der Waals surface area contributed by atoms with Crippen molar-refractivity contribution in [1.82, 2.24) is 9.97 Å². The molecule has 3 aromatic rings. The molecule has 0 saturated carbocycles. The van der Waals surface area contributed by atoms with Gasteiger partial charge in [0.2, 0.25) is 0 Å². The van der Waals surface area contributed by atoms with Gasteiger partial charge >= 0.3 is 0 Å². The van der Waals surface area contributed by atoms with Crippen molar-refractivity contribution < 1.29 is 13.7 Å². The summed E-state index contributed by atoms with van der Waals surface area (Å²) in [4.78, 5) is 28.3. The maximum absolute atomic E-state index is 13.4. The molecule has 0 radical (unpaired) electrons. The molecule has 9 heteroatoms. The lowest BCUT2D eigenvalue weighted by molar-refractivity contribution is -0.384. The zero-order chi connectivity index (χ0) is 15.1. The number of aromatic nitrogens is 2. The number of nitro benzene ring substituents is 1. The predicted octanol–water partition coefficient (Wildman–Crippen LogP) is 2.84. The fourth-order valence-corrected chi connectivity index (χ4v) is 2.92. The minimum atomic E-state index is -1.30. The van der Waals surface area contributed by atoms with Gasteiger partial charge < -0.3 is 4.98 Å². The van der Waals surface area contributed by atoms with Gasteiger partial charge in [0, 0.05) is 4.88 Å². The number of benzene rings is 1. The van der Waals surface area contributed by atoms with E-state index in [1.807, 2.05) is 0 Å². The van der Waals surface area contributed by atoms with Crippen molar-refractivity contribution >= 4 is 27.2 Å². The minimum Gasteiger partial charge on any atom is -0.312 e. The van der Waals surface area contributed by atoms with Crippen LogP contribution < -0.4 is 5.56 Å². The Hall–Kier alpha value is -2.68. The minimum absolute atomic E-state index is 0.0960. The third kappa shape index (κ3) is 2.17. The molecule has 0 atom stereocenters. The van der Waals surface area contributed by atoms with Crippen molar-refractivity contribution in [3.63, 3.8) is 0 Å². The molecule has 0 aliphatic rings. The molecule has 0 bridgehead atoms. The number of hydrogen-bond acceptors (Lipinski definition) is 5. The summed E-state index contributed by atoms with van der Waals surface area (Å²) in [6.07, 6.45) is 1.20. The molecule has 2 heterocycles. The maximum atomic E-state index is 13.4. The van der Waals surface area contributed by atoms with E-state index in [0.717, 1.165) is 17.4 Å². The molecule has 0 fully saturated rings. The molecule has 1 N–H and O–H groups in total. The third-order valence-electron chi connectivity index (χ3n) is 2.82. The summed E-state index contributed by atoms with van der Waals surface area (Å²) in [5.74, 6) is -2.50. The van der Waals surface area contributed by atoms with Gasteiger partial charge in [0.25, 0.3) is 11.2 Å². The Kier molecular flexibility index (Phi) is 2.98. The highest BCUT2D eigenvalue weighted by Gasteiger charge is 2.22. The molecular weight excluding hydrogens is 304 g/mol. The number of H-pyrrole nitrogens is 1. The summed E-state index contributed by atoms with van der Waals surface area (Å²) in [6.45, 7) is 0. The van der Waals surface area contributed by atoms with Crippen molar-refractivity contribution in [3.05, 3.63) is 56.6 Å².